The normalized spacial score (nSPS) is 11.8. The lowest BCUT2D eigenvalue weighted by Crippen LogP contribution is -2.08. The smallest absolute Gasteiger partial charge is 0.433 e. The van der Waals surface area contributed by atoms with Crippen molar-refractivity contribution >= 4 is 15.9 Å². The van der Waals surface area contributed by atoms with E-state index in [1.54, 1.807) is 0 Å². The second-order valence-corrected chi connectivity index (χ2v) is 3.28. The zero-order chi connectivity index (χ0) is 10.2. The molecular weight excluding hydrogens is 251 g/mol. The van der Waals surface area contributed by atoms with Gasteiger partial charge >= 0.3 is 6.18 Å². The van der Waals surface area contributed by atoms with Crippen LogP contribution in [0, 0.1) is 6.92 Å². The molecule has 1 N–H and O–H groups in total. The van der Waals surface area contributed by atoms with Crippen LogP contribution < -0.4 is 0 Å². The van der Waals surface area contributed by atoms with E-state index in [-0.39, 0.29) is 15.9 Å². The van der Waals surface area contributed by atoms with E-state index in [2.05, 4.69) is 20.9 Å². The Labute approximate surface area is 80.5 Å². The maximum atomic E-state index is 12.1. The lowest BCUT2D eigenvalue weighted by atomic mass is 10.3. The van der Waals surface area contributed by atoms with Crippen LogP contribution in [-0.4, -0.2) is 10.1 Å². The Morgan fingerprint density at radius 3 is 2.38 bits per heavy atom. The van der Waals surface area contributed by atoms with E-state index in [4.69, 9.17) is 5.11 Å². The molecule has 72 valence electrons. The van der Waals surface area contributed by atoms with Gasteiger partial charge in [0.05, 0.1) is 10.2 Å². The maximum absolute atomic E-state index is 12.1. The molecule has 0 saturated heterocycles. The molecule has 0 atom stereocenters. The molecule has 2 nitrogen and oxygen atoms in total. The molecule has 0 aliphatic carbocycles. The fraction of sp³-hybridized carbons (Fsp3) is 0.286. The van der Waals surface area contributed by atoms with E-state index in [1.165, 1.54) is 6.92 Å². The summed E-state index contributed by atoms with van der Waals surface area (Å²) in [6.07, 6.45) is -4.49. The number of aromatic nitrogens is 1. The minimum atomic E-state index is -4.49. The Kier molecular flexibility index (Phi) is 2.51. The van der Waals surface area contributed by atoms with Crippen molar-refractivity contribution < 1.29 is 18.3 Å². The first kappa shape index (κ1) is 10.3. The first-order valence-corrected chi connectivity index (χ1v) is 4.05. The Bertz CT molecular complexity index is 314. The fourth-order valence-corrected chi connectivity index (χ4v) is 1.28. The van der Waals surface area contributed by atoms with Gasteiger partial charge in [-0.2, -0.15) is 13.2 Å². The molecule has 0 bridgehead atoms. The lowest BCUT2D eigenvalue weighted by Gasteiger charge is -2.08. The summed E-state index contributed by atoms with van der Waals surface area (Å²) in [7, 11) is 0. The topological polar surface area (TPSA) is 33.1 Å². The predicted molar refractivity (Wildman–Crippen MR) is 43.3 cm³/mol. The van der Waals surface area contributed by atoms with Crippen LogP contribution in [-0.2, 0) is 6.18 Å². The maximum Gasteiger partial charge on any atom is 0.433 e. The Hall–Kier alpha value is -0.780. The first-order chi connectivity index (χ1) is 5.82. The van der Waals surface area contributed by atoms with E-state index in [0.717, 1.165) is 6.07 Å². The summed E-state index contributed by atoms with van der Waals surface area (Å²) in [6, 6.07) is 0.738. The second-order valence-electron chi connectivity index (χ2n) is 2.42. The van der Waals surface area contributed by atoms with Crippen LogP contribution in [0.3, 0.4) is 0 Å². The lowest BCUT2D eigenvalue weighted by molar-refractivity contribution is -0.141. The number of rotatable bonds is 0. The summed E-state index contributed by atoms with van der Waals surface area (Å²) in [5.74, 6) is -0.270. The summed E-state index contributed by atoms with van der Waals surface area (Å²) in [5.41, 5.74) is -1.07. The molecule has 0 radical (unpaired) electrons. The van der Waals surface area contributed by atoms with Crippen molar-refractivity contribution in [3.05, 3.63) is 21.9 Å². The standard InChI is InChI=1S/C7H5BrF3NO/c1-3-6(13)4(8)2-5(12-3)7(9,10)11/h2,13H,1H3. The fourth-order valence-electron chi connectivity index (χ4n) is 0.772. The number of halogens is 4. The highest BCUT2D eigenvalue weighted by Gasteiger charge is 2.33. The number of alkyl halides is 3. The van der Waals surface area contributed by atoms with Gasteiger partial charge < -0.3 is 5.11 Å². The third-order valence-electron chi connectivity index (χ3n) is 1.41. The quantitative estimate of drug-likeness (QED) is 0.774. The first-order valence-electron chi connectivity index (χ1n) is 3.25. The van der Waals surface area contributed by atoms with Crippen molar-refractivity contribution in [1.29, 1.82) is 0 Å². The van der Waals surface area contributed by atoms with Gasteiger partial charge in [-0.1, -0.05) is 0 Å². The Morgan fingerprint density at radius 2 is 2.00 bits per heavy atom. The number of aromatic hydroxyl groups is 1. The van der Waals surface area contributed by atoms with Gasteiger partial charge in [0.2, 0.25) is 0 Å². The number of aryl methyl sites for hydroxylation is 1. The van der Waals surface area contributed by atoms with Gasteiger partial charge in [0.1, 0.15) is 5.69 Å². The Balaban J connectivity index is 3.29. The van der Waals surface area contributed by atoms with Crippen molar-refractivity contribution in [3.8, 4) is 5.75 Å². The van der Waals surface area contributed by atoms with Gasteiger partial charge in [-0.05, 0) is 28.9 Å². The van der Waals surface area contributed by atoms with Crippen molar-refractivity contribution in [2.24, 2.45) is 0 Å². The van der Waals surface area contributed by atoms with Crippen LogP contribution >= 0.6 is 15.9 Å². The molecule has 0 spiro atoms. The molecule has 1 heterocycles. The third-order valence-corrected chi connectivity index (χ3v) is 2.02. The summed E-state index contributed by atoms with van der Waals surface area (Å²) in [6.45, 7) is 1.30. The molecule has 0 aromatic carbocycles. The van der Waals surface area contributed by atoms with Crippen LogP contribution in [0.25, 0.3) is 0 Å². The average Bonchev–Trinajstić information content (AvgIpc) is 1.97. The number of hydrogen-bond acceptors (Lipinski definition) is 2. The van der Waals surface area contributed by atoms with Gasteiger partial charge in [-0.25, -0.2) is 4.98 Å². The molecule has 1 rings (SSSR count). The highest BCUT2D eigenvalue weighted by atomic mass is 79.9. The van der Waals surface area contributed by atoms with Crippen LogP contribution in [0.1, 0.15) is 11.4 Å². The van der Waals surface area contributed by atoms with Crippen molar-refractivity contribution in [1.82, 2.24) is 4.98 Å². The predicted octanol–water partition coefficient (Wildman–Crippen LogP) is 2.88. The van der Waals surface area contributed by atoms with Crippen molar-refractivity contribution in [2.75, 3.05) is 0 Å². The van der Waals surface area contributed by atoms with Gasteiger partial charge in [0, 0.05) is 0 Å². The highest BCUT2D eigenvalue weighted by Crippen LogP contribution is 2.34. The van der Waals surface area contributed by atoms with Gasteiger partial charge in [-0.15, -0.1) is 0 Å². The molecule has 0 fully saturated rings. The van der Waals surface area contributed by atoms with Crippen LogP contribution in [0.4, 0.5) is 13.2 Å². The minimum Gasteiger partial charge on any atom is -0.505 e. The zero-order valence-corrected chi connectivity index (χ0v) is 8.07. The summed E-state index contributed by atoms with van der Waals surface area (Å²) in [5, 5.41) is 9.12. The molecule has 0 aliphatic rings. The van der Waals surface area contributed by atoms with E-state index in [0.29, 0.717) is 0 Å². The molecule has 0 saturated carbocycles. The molecule has 13 heavy (non-hydrogen) atoms. The molecular formula is C7H5BrF3NO. The molecule has 0 amide bonds. The van der Waals surface area contributed by atoms with Crippen LogP contribution in [0.15, 0.2) is 10.5 Å². The molecule has 1 aromatic heterocycles. The van der Waals surface area contributed by atoms with Gasteiger partial charge in [0.25, 0.3) is 0 Å². The Morgan fingerprint density at radius 1 is 1.46 bits per heavy atom. The number of hydrogen-bond donors (Lipinski definition) is 1. The van der Waals surface area contributed by atoms with Crippen LogP contribution in [0.2, 0.25) is 0 Å². The largest absolute Gasteiger partial charge is 0.505 e. The van der Waals surface area contributed by atoms with E-state index >= 15 is 0 Å². The molecule has 0 aliphatic heterocycles. The van der Waals surface area contributed by atoms with Gasteiger partial charge in [0.15, 0.2) is 5.75 Å². The van der Waals surface area contributed by atoms with E-state index < -0.39 is 11.9 Å². The highest BCUT2D eigenvalue weighted by molar-refractivity contribution is 9.10. The summed E-state index contributed by atoms with van der Waals surface area (Å²) < 4.78 is 36.3. The summed E-state index contributed by atoms with van der Waals surface area (Å²) >= 11 is 2.80. The zero-order valence-electron chi connectivity index (χ0n) is 6.48. The SMILES string of the molecule is Cc1nc(C(F)(F)F)cc(Br)c1O. The van der Waals surface area contributed by atoms with Crippen molar-refractivity contribution in [3.63, 3.8) is 0 Å². The average molecular weight is 256 g/mol. The van der Waals surface area contributed by atoms with E-state index in [1.807, 2.05) is 0 Å². The van der Waals surface area contributed by atoms with Gasteiger partial charge in [-0.3, -0.25) is 0 Å². The monoisotopic (exact) mass is 255 g/mol. The van der Waals surface area contributed by atoms with Crippen LogP contribution in [0.5, 0.6) is 5.75 Å². The molecule has 1 aromatic rings. The second kappa shape index (κ2) is 3.17. The number of nitrogens with zero attached hydrogens (tertiary/aromatic N) is 1. The summed E-state index contributed by atoms with van der Waals surface area (Å²) in [4.78, 5) is 3.20. The van der Waals surface area contributed by atoms with Crippen molar-refractivity contribution in [2.45, 2.75) is 13.1 Å². The van der Waals surface area contributed by atoms with E-state index in [9.17, 15) is 13.2 Å². The molecule has 6 heteroatoms. The number of pyridine rings is 1. The molecule has 0 unspecified atom stereocenters. The minimum absolute atomic E-state index is 0.00711. The third kappa shape index (κ3) is 2.12.